The third kappa shape index (κ3) is 3.94. The number of rotatable bonds is 5. The second-order valence-corrected chi connectivity index (χ2v) is 9.46. The fraction of sp³-hybridized carbons (Fsp3) is 0.107. The van der Waals surface area contributed by atoms with E-state index in [9.17, 15) is 10.1 Å². The normalized spacial score (nSPS) is 12.8. The molecule has 0 aliphatic heterocycles. The van der Waals surface area contributed by atoms with Crippen molar-refractivity contribution in [1.29, 1.82) is 5.26 Å². The molecule has 3 aromatic heterocycles. The summed E-state index contributed by atoms with van der Waals surface area (Å²) in [6.07, 6.45) is 8.03. The van der Waals surface area contributed by atoms with Crippen LogP contribution in [0.4, 0.5) is 5.00 Å². The predicted octanol–water partition coefficient (Wildman–Crippen LogP) is 6.36. The van der Waals surface area contributed by atoms with Crippen LogP contribution in [0.5, 0.6) is 0 Å². The molecule has 0 spiro atoms. The number of amides is 1. The third-order valence-electron chi connectivity index (χ3n) is 6.11. The number of carbonyl (C=O) groups excluding carboxylic acids is 1. The average Bonchev–Trinajstić information content (AvgIpc) is 3.65. The van der Waals surface area contributed by atoms with Gasteiger partial charge in [0.2, 0.25) is 5.91 Å². The van der Waals surface area contributed by atoms with Crippen molar-refractivity contribution in [2.75, 3.05) is 5.32 Å². The highest BCUT2D eigenvalue weighted by Gasteiger charge is 2.23. The summed E-state index contributed by atoms with van der Waals surface area (Å²) < 4.78 is 7.84. The predicted molar refractivity (Wildman–Crippen MR) is 137 cm³/mol. The lowest BCUT2D eigenvalue weighted by atomic mass is 10.1. The maximum Gasteiger partial charge on any atom is 0.249 e. The molecule has 0 fully saturated rings. The van der Waals surface area contributed by atoms with Crippen LogP contribution in [0.3, 0.4) is 0 Å². The number of thiophene rings is 1. The Hall–Kier alpha value is -4.41. The molecular weight excluding hydrogens is 456 g/mol. The molecule has 1 amide bonds. The number of nitrogens with zero attached hydrogens (tertiary/aromatic N) is 3. The van der Waals surface area contributed by atoms with Gasteiger partial charge in [-0.25, -0.2) is 4.68 Å². The Balaban J connectivity index is 1.34. The van der Waals surface area contributed by atoms with Gasteiger partial charge in [0, 0.05) is 28.1 Å². The highest BCUT2D eigenvalue weighted by atomic mass is 32.1. The zero-order chi connectivity index (χ0) is 23.8. The maximum atomic E-state index is 12.8. The van der Waals surface area contributed by atoms with Gasteiger partial charge in [0.1, 0.15) is 22.3 Å². The van der Waals surface area contributed by atoms with Crippen LogP contribution in [0.1, 0.15) is 28.0 Å². The van der Waals surface area contributed by atoms with Crippen molar-refractivity contribution < 1.29 is 9.21 Å². The minimum Gasteiger partial charge on any atom is -0.454 e. The summed E-state index contributed by atoms with van der Waals surface area (Å²) in [5, 5.41) is 18.9. The number of nitrogens with one attached hydrogen (secondary N) is 1. The van der Waals surface area contributed by atoms with Crippen molar-refractivity contribution in [1.82, 2.24) is 9.78 Å². The number of aryl methyl sites for hydroxylation is 1. The monoisotopic (exact) mass is 476 g/mol. The molecule has 1 N–H and O–H groups in total. The first-order valence-corrected chi connectivity index (χ1v) is 12.2. The molecule has 170 valence electrons. The van der Waals surface area contributed by atoms with E-state index in [0.29, 0.717) is 22.0 Å². The number of benzene rings is 2. The SMILES string of the molecule is N#Cc1c(NC(=O)C=Cc2cn(-c3ccccc3)nc2-c2cc3ccccc3o2)sc2c1CCC2. The Morgan fingerprint density at radius 1 is 1.14 bits per heavy atom. The van der Waals surface area contributed by atoms with Crippen molar-refractivity contribution in [3.05, 3.63) is 94.5 Å². The summed E-state index contributed by atoms with van der Waals surface area (Å²) in [6, 6.07) is 21.8. The first-order chi connectivity index (χ1) is 17.2. The molecule has 0 bridgehead atoms. The summed E-state index contributed by atoms with van der Waals surface area (Å²) >= 11 is 1.51. The summed E-state index contributed by atoms with van der Waals surface area (Å²) in [6.45, 7) is 0. The number of furan rings is 1. The summed E-state index contributed by atoms with van der Waals surface area (Å²) in [4.78, 5) is 14.0. The molecule has 2 aromatic carbocycles. The number of hydrogen-bond acceptors (Lipinski definition) is 5. The number of carbonyl (C=O) groups is 1. The lowest BCUT2D eigenvalue weighted by Crippen LogP contribution is -2.07. The summed E-state index contributed by atoms with van der Waals surface area (Å²) in [7, 11) is 0. The Bertz CT molecular complexity index is 1600. The van der Waals surface area contributed by atoms with E-state index in [1.807, 2.05) is 66.9 Å². The molecule has 6 nitrogen and oxygen atoms in total. The van der Waals surface area contributed by atoms with Gasteiger partial charge in [-0.2, -0.15) is 10.4 Å². The van der Waals surface area contributed by atoms with Crippen LogP contribution in [0, 0.1) is 11.3 Å². The Morgan fingerprint density at radius 2 is 1.97 bits per heavy atom. The van der Waals surface area contributed by atoms with Gasteiger partial charge in [-0.3, -0.25) is 4.79 Å². The van der Waals surface area contributed by atoms with Gasteiger partial charge in [-0.05, 0) is 55.2 Å². The Kier molecular flexibility index (Phi) is 5.28. The molecule has 7 heteroatoms. The van der Waals surface area contributed by atoms with E-state index in [1.54, 1.807) is 10.8 Å². The number of hydrogen-bond donors (Lipinski definition) is 1. The first-order valence-electron chi connectivity index (χ1n) is 11.4. The van der Waals surface area contributed by atoms with Crippen LogP contribution < -0.4 is 5.32 Å². The zero-order valence-electron chi connectivity index (χ0n) is 18.7. The molecule has 0 atom stereocenters. The zero-order valence-corrected chi connectivity index (χ0v) is 19.5. The van der Waals surface area contributed by atoms with Crippen molar-refractivity contribution in [3.8, 4) is 23.2 Å². The Labute approximate surface area is 205 Å². The van der Waals surface area contributed by atoms with Crippen LogP contribution in [0.2, 0.25) is 0 Å². The first kappa shape index (κ1) is 21.1. The molecule has 0 saturated carbocycles. The molecule has 0 radical (unpaired) electrons. The van der Waals surface area contributed by atoms with E-state index in [2.05, 4.69) is 11.4 Å². The quantitative estimate of drug-likeness (QED) is 0.299. The average molecular weight is 477 g/mol. The highest BCUT2D eigenvalue weighted by Crippen LogP contribution is 2.38. The summed E-state index contributed by atoms with van der Waals surface area (Å²) in [5.41, 5.74) is 4.76. The van der Waals surface area contributed by atoms with Gasteiger partial charge in [-0.15, -0.1) is 11.3 Å². The number of fused-ring (bicyclic) bond motifs is 2. The topological polar surface area (TPSA) is 83.9 Å². The largest absolute Gasteiger partial charge is 0.454 e. The van der Waals surface area contributed by atoms with Crippen molar-refractivity contribution in [2.45, 2.75) is 19.3 Å². The number of para-hydroxylation sites is 2. The fourth-order valence-electron chi connectivity index (χ4n) is 4.44. The summed E-state index contributed by atoms with van der Waals surface area (Å²) in [5.74, 6) is 0.340. The van der Waals surface area contributed by atoms with Crippen molar-refractivity contribution >= 4 is 39.3 Å². The van der Waals surface area contributed by atoms with Gasteiger partial charge in [0.05, 0.1) is 11.3 Å². The van der Waals surface area contributed by atoms with E-state index in [0.717, 1.165) is 47.0 Å². The third-order valence-corrected chi connectivity index (χ3v) is 7.31. The second-order valence-electron chi connectivity index (χ2n) is 8.36. The van der Waals surface area contributed by atoms with E-state index in [4.69, 9.17) is 9.52 Å². The van der Waals surface area contributed by atoms with E-state index < -0.39 is 0 Å². The second kappa shape index (κ2) is 8.75. The van der Waals surface area contributed by atoms with Crippen LogP contribution in [0.25, 0.3) is 34.2 Å². The van der Waals surface area contributed by atoms with E-state index in [-0.39, 0.29) is 5.91 Å². The van der Waals surface area contributed by atoms with Gasteiger partial charge in [-0.1, -0.05) is 36.4 Å². The lowest BCUT2D eigenvalue weighted by molar-refractivity contribution is -0.111. The maximum absolute atomic E-state index is 12.8. The van der Waals surface area contributed by atoms with E-state index >= 15 is 0 Å². The fourth-order valence-corrected chi connectivity index (χ4v) is 5.68. The van der Waals surface area contributed by atoms with Gasteiger partial charge in [0.15, 0.2) is 5.76 Å². The molecule has 35 heavy (non-hydrogen) atoms. The van der Waals surface area contributed by atoms with Gasteiger partial charge in [0.25, 0.3) is 0 Å². The molecule has 0 saturated heterocycles. The lowest BCUT2D eigenvalue weighted by Gasteiger charge is -2.00. The number of nitriles is 1. The molecule has 0 unspecified atom stereocenters. The highest BCUT2D eigenvalue weighted by molar-refractivity contribution is 7.16. The minimum atomic E-state index is -0.288. The number of anilines is 1. The molecule has 3 heterocycles. The van der Waals surface area contributed by atoms with Crippen LogP contribution in [0.15, 0.2) is 77.4 Å². The Morgan fingerprint density at radius 3 is 2.80 bits per heavy atom. The van der Waals surface area contributed by atoms with Crippen LogP contribution in [-0.2, 0) is 17.6 Å². The molecule has 6 rings (SSSR count). The molecule has 1 aliphatic rings. The molecular formula is C28H20N4O2S. The number of aromatic nitrogens is 2. The van der Waals surface area contributed by atoms with Crippen molar-refractivity contribution in [2.24, 2.45) is 0 Å². The smallest absolute Gasteiger partial charge is 0.249 e. The van der Waals surface area contributed by atoms with Crippen LogP contribution in [-0.4, -0.2) is 15.7 Å². The van der Waals surface area contributed by atoms with Crippen LogP contribution >= 0.6 is 11.3 Å². The standard InChI is InChI=1S/C28H20N4O2S/c29-16-22-21-10-6-12-25(21)35-28(22)30-26(33)14-13-19-17-32(20-8-2-1-3-9-20)31-27(19)24-15-18-7-4-5-11-23(18)34-24/h1-5,7-9,11,13-15,17H,6,10,12H2,(H,30,33). The minimum absolute atomic E-state index is 0.288. The molecule has 1 aliphatic carbocycles. The van der Waals surface area contributed by atoms with Gasteiger partial charge < -0.3 is 9.73 Å². The van der Waals surface area contributed by atoms with E-state index in [1.165, 1.54) is 22.3 Å². The van der Waals surface area contributed by atoms with Gasteiger partial charge >= 0.3 is 0 Å². The van der Waals surface area contributed by atoms with Crippen molar-refractivity contribution in [3.63, 3.8) is 0 Å². The molecule has 5 aromatic rings.